The molecule has 2 saturated heterocycles. The second-order valence-corrected chi connectivity index (χ2v) is 3.67. The Kier molecular flexibility index (Phi) is 16.4. The van der Waals surface area contributed by atoms with Crippen molar-refractivity contribution >= 4 is 23.9 Å². The summed E-state index contributed by atoms with van der Waals surface area (Å²) in [6, 6.07) is -0.799. The van der Waals surface area contributed by atoms with Crippen LogP contribution in [0.15, 0.2) is 0 Å². The molecule has 0 aromatic rings. The minimum absolute atomic E-state index is 0. The van der Waals surface area contributed by atoms with E-state index in [1.807, 2.05) is 0 Å². The van der Waals surface area contributed by atoms with E-state index < -0.39 is 6.03 Å². The zero-order valence-electron chi connectivity index (χ0n) is 12.4. The maximum Gasteiger partial charge on any atom is 1.00 e. The Morgan fingerprint density at radius 1 is 1.05 bits per heavy atom. The van der Waals surface area contributed by atoms with Gasteiger partial charge in [-0.25, -0.2) is 4.79 Å². The molecule has 0 bridgehead atoms. The molecule has 21 heavy (non-hydrogen) atoms. The molecular weight excluding hydrogens is 287 g/mol. The largest absolute Gasteiger partial charge is 1.00 e. The third-order valence-electron chi connectivity index (χ3n) is 1.87. The van der Waals surface area contributed by atoms with Crippen LogP contribution in [0.3, 0.4) is 0 Å². The molecule has 2 aliphatic rings. The third-order valence-corrected chi connectivity index (χ3v) is 1.87. The fraction of sp³-hybridized carbons (Fsp3) is 0.667. The summed E-state index contributed by atoms with van der Waals surface area (Å²) in [7, 11) is 0. The summed E-state index contributed by atoms with van der Waals surface area (Å²) in [6.07, 6.45) is 1.25. The second-order valence-electron chi connectivity index (χ2n) is 3.67. The molecule has 0 radical (unpaired) electrons. The average molecular weight is 310 g/mol. The van der Waals surface area contributed by atoms with Crippen molar-refractivity contribution in [2.24, 2.45) is 0 Å². The Bertz CT molecular complexity index is 333. The Morgan fingerprint density at radius 2 is 1.57 bits per heavy atom. The summed E-state index contributed by atoms with van der Waals surface area (Å²) in [5.41, 5.74) is 0. The van der Waals surface area contributed by atoms with Crippen molar-refractivity contribution < 1.29 is 48.7 Å². The number of carbonyl (C=O) groups is 4. The van der Waals surface area contributed by atoms with Gasteiger partial charge in [-0.15, -0.1) is 0 Å². The molecule has 6 amide bonds. The molecule has 0 saturated carbocycles. The van der Waals surface area contributed by atoms with Gasteiger partial charge in [0.1, 0.15) is 5.91 Å². The first-order chi connectivity index (χ1) is 8.96. The van der Waals surface area contributed by atoms with Gasteiger partial charge >= 0.3 is 35.6 Å². The molecule has 0 aromatic carbocycles. The molecule has 0 unspecified atom stereocenters. The van der Waals surface area contributed by atoms with Gasteiger partial charge in [0, 0.05) is 13.1 Å². The molecule has 2 heterocycles. The van der Waals surface area contributed by atoms with Gasteiger partial charge in [-0.1, -0.05) is 27.7 Å². The standard InChI is InChI=1S/C5H8N2O2.C3H4N2O2.C3H8.CH4.Na/c1-2-7-4(8)3-6-5(7)9;6-2-1-4-3(7)5-2;1-3-2;;/h2-3H2,1H3,(H,6,9);1H2,(H2,4,5,6,7);3H2,1-2H3;1H4;/q;;;;+1/p-1. The molecule has 2 aliphatic heterocycles. The van der Waals surface area contributed by atoms with Crippen LogP contribution in [-0.2, 0) is 9.59 Å². The SMILES string of the molecule is C.CCC.CCN1C(=O)CNC1=O.O=C1CNC(=O)[N-]1.[Na+]. The molecule has 0 spiro atoms. The van der Waals surface area contributed by atoms with E-state index in [1.165, 1.54) is 11.3 Å². The predicted octanol–water partition coefficient (Wildman–Crippen LogP) is -1.78. The monoisotopic (exact) mass is 310 g/mol. The Labute approximate surface area is 147 Å². The van der Waals surface area contributed by atoms with E-state index in [-0.39, 0.29) is 67.9 Å². The summed E-state index contributed by atoms with van der Waals surface area (Å²) in [5, 5.41) is 7.62. The van der Waals surface area contributed by atoms with E-state index >= 15 is 0 Å². The van der Waals surface area contributed by atoms with Gasteiger partial charge in [0.2, 0.25) is 5.91 Å². The minimum Gasteiger partial charge on any atom is -0.442 e. The van der Waals surface area contributed by atoms with Crippen LogP contribution in [0, 0.1) is 0 Å². The van der Waals surface area contributed by atoms with Crippen molar-refractivity contribution in [3.63, 3.8) is 0 Å². The predicted molar refractivity (Wildman–Crippen MR) is 75.2 cm³/mol. The van der Waals surface area contributed by atoms with Gasteiger partial charge < -0.3 is 16.0 Å². The van der Waals surface area contributed by atoms with Crippen molar-refractivity contribution in [1.29, 1.82) is 0 Å². The van der Waals surface area contributed by atoms with Gasteiger partial charge in [-0.2, -0.15) is 0 Å². The van der Waals surface area contributed by atoms with Crippen molar-refractivity contribution in [2.75, 3.05) is 19.6 Å². The van der Waals surface area contributed by atoms with Gasteiger partial charge in [0.25, 0.3) is 0 Å². The molecular formula is C12H23N4NaO4. The molecule has 116 valence electrons. The van der Waals surface area contributed by atoms with E-state index in [1.54, 1.807) is 6.92 Å². The quantitative estimate of drug-likeness (QED) is 0.441. The molecule has 0 aliphatic carbocycles. The molecule has 2 fully saturated rings. The van der Waals surface area contributed by atoms with Gasteiger partial charge in [-0.3, -0.25) is 19.3 Å². The first-order valence-electron chi connectivity index (χ1n) is 6.06. The molecule has 9 heteroatoms. The summed E-state index contributed by atoms with van der Waals surface area (Å²) < 4.78 is 0. The number of hydrogen-bond acceptors (Lipinski definition) is 4. The van der Waals surface area contributed by atoms with Gasteiger partial charge in [-0.05, 0) is 6.92 Å². The van der Waals surface area contributed by atoms with E-state index in [0.29, 0.717) is 6.54 Å². The summed E-state index contributed by atoms with van der Waals surface area (Å²) in [6.45, 7) is 6.71. The van der Waals surface area contributed by atoms with E-state index in [2.05, 4.69) is 29.8 Å². The second kappa shape index (κ2) is 13.8. The van der Waals surface area contributed by atoms with Crippen LogP contribution in [-0.4, -0.2) is 48.4 Å². The van der Waals surface area contributed by atoms with Crippen LogP contribution in [0.4, 0.5) is 9.59 Å². The number of nitrogens with one attached hydrogen (secondary N) is 2. The Balaban J connectivity index is -0.000000245. The fourth-order valence-corrected chi connectivity index (χ4v) is 1.12. The van der Waals surface area contributed by atoms with Crippen molar-refractivity contribution in [1.82, 2.24) is 15.5 Å². The van der Waals surface area contributed by atoms with Crippen molar-refractivity contribution in [3.05, 3.63) is 5.32 Å². The molecule has 0 aromatic heterocycles. The topological polar surface area (TPSA) is 110 Å². The van der Waals surface area contributed by atoms with Crippen LogP contribution >= 0.6 is 0 Å². The van der Waals surface area contributed by atoms with Crippen molar-refractivity contribution in [3.8, 4) is 0 Å². The minimum atomic E-state index is -0.523. The number of carbonyl (C=O) groups excluding carboxylic acids is 4. The maximum atomic E-state index is 10.7. The van der Waals surface area contributed by atoms with Crippen LogP contribution in [0.25, 0.3) is 5.32 Å². The zero-order valence-corrected chi connectivity index (χ0v) is 14.4. The van der Waals surface area contributed by atoms with E-state index in [9.17, 15) is 19.2 Å². The average Bonchev–Trinajstić information content (AvgIpc) is 2.87. The fourth-order valence-electron chi connectivity index (χ4n) is 1.12. The maximum absolute atomic E-state index is 10.7. The smallest absolute Gasteiger partial charge is 0.442 e. The molecule has 2 rings (SSSR count). The van der Waals surface area contributed by atoms with Crippen LogP contribution in [0.5, 0.6) is 0 Å². The number of amides is 6. The van der Waals surface area contributed by atoms with Gasteiger partial charge in [0.15, 0.2) is 6.03 Å². The van der Waals surface area contributed by atoms with E-state index in [4.69, 9.17) is 0 Å². The molecule has 8 nitrogen and oxygen atoms in total. The van der Waals surface area contributed by atoms with Crippen molar-refractivity contribution in [2.45, 2.75) is 34.6 Å². The molecule has 2 N–H and O–H groups in total. The Morgan fingerprint density at radius 3 is 1.71 bits per heavy atom. The first kappa shape index (κ1) is 24.9. The molecule has 0 atom stereocenters. The number of hydrogen-bond donors (Lipinski definition) is 2. The van der Waals surface area contributed by atoms with Gasteiger partial charge in [0.05, 0.1) is 6.54 Å². The van der Waals surface area contributed by atoms with Crippen LogP contribution < -0.4 is 40.2 Å². The number of urea groups is 2. The van der Waals surface area contributed by atoms with E-state index in [0.717, 1.165) is 0 Å². The summed E-state index contributed by atoms with van der Waals surface area (Å²) in [5.74, 6) is -0.521. The number of imide groups is 2. The first-order valence-corrected chi connectivity index (χ1v) is 6.06. The summed E-state index contributed by atoms with van der Waals surface area (Å²) in [4.78, 5) is 42.4. The number of rotatable bonds is 1. The van der Waals surface area contributed by atoms with Crippen LogP contribution in [0.1, 0.15) is 34.6 Å². The summed E-state index contributed by atoms with van der Waals surface area (Å²) >= 11 is 0. The third kappa shape index (κ3) is 10.3. The zero-order chi connectivity index (χ0) is 14.8. The normalized spacial score (nSPS) is 15.1. The van der Waals surface area contributed by atoms with Crippen LogP contribution in [0.2, 0.25) is 0 Å². The Hall–Kier alpha value is -1.12. The number of nitrogens with zero attached hydrogens (tertiary/aromatic N) is 2. The number of likely N-dealkylation sites (N-methyl/N-ethyl adjacent to an activating group) is 1.